The van der Waals surface area contributed by atoms with Crippen LogP contribution in [0.2, 0.25) is 0 Å². The van der Waals surface area contributed by atoms with Gasteiger partial charge in [-0.3, -0.25) is 9.59 Å². The van der Waals surface area contributed by atoms with Crippen LogP contribution in [0.15, 0.2) is 42.5 Å². The molecule has 2 rings (SSSR count). The summed E-state index contributed by atoms with van der Waals surface area (Å²) in [5.74, 6) is -3.70. The largest absolute Gasteiger partial charge is 0.452 e. The summed E-state index contributed by atoms with van der Waals surface area (Å²) < 4.78 is 31.0. The van der Waals surface area contributed by atoms with E-state index in [1.807, 2.05) is 13.8 Å². The second-order valence-corrected chi connectivity index (χ2v) is 5.84. The van der Waals surface area contributed by atoms with Gasteiger partial charge in [-0.15, -0.1) is 0 Å². The molecule has 0 aromatic heterocycles. The smallest absolute Gasteiger partial charge is 0.338 e. The van der Waals surface area contributed by atoms with Crippen LogP contribution in [0.5, 0.6) is 0 Å². The summed E-state index contributed by atoms with van der Waals surface area (Å²) in [6.45, 7) is 4.20. The van der Waals surface area contributed by atoms with Crippen molar-refractivity contribution in [1.29, 1.82) is 0 Å². The van der Waals surface area contributed by atoms with E-state index in [1.165, 1.54) is 6.07 Å². The van der Waals surface area contributed by atoms with Gasteiger partial charge in [-0.05, 0) is 44.2 Å². The predicted molar refractivity (Wildman–Crippen MR) is 99.0 cm³/mol. The lowest BCUT2D eigenvalue weighted by molar-refractivity contribution is -0.119. The molecule has 0 spiro atoms. The van der Waals surface area contributed by atoms with Gasteiger partial charge in [0.15, 0.2) is 6.61 Å². The zero-order chi connectivity index (χ0) is 20.7. The van der Waals surface area contributed by atoms with E-state index in [4.69, 9.17) is 4.74 Å². The molecule has 28 heavy (non-hydrogen) atoms. The molecule has 2 aromatic carbocycles. The van der Waals surface area contributed by atoms with Crippen molar-refractivity contribution >= 4 is 23.5 Å². The number of anilines is 1. The first kappa shape index (κ1) is 21.0. The van der Waals surface area contributed by atoms with E-state index in [9.17, 15) is 23.2 Å². The third kappa shape index (κ3) is 5.60. The van der Waals surface area contributed by atoms with E-state index in [1.54, 1.807) is 23.1 Å². The Kier molecular flexibility index (Phi) is 7.20. The Bertz CT molecular complexity index is 862. The van der Waals surface area contributed by atoms with Gasteiger partial charge >= 0.3 is 5.97 Å². The van der Waals surface area contributed by atoms with Gasteiger partial charge in [-0.1, -0.05) is 6.07 Å². The van der Waals surface area contributed by atoms with E-state index in [0.29, 0.717) is 30.4 Å². The molecule has 2 aromatic rings. The number of benzene rings is 2. The highest BCUT2D eigenvalue weighted by Crippen LogP contribution is 2.13. The number of ether oxygens (including phenoxy) is 1. The average Bonchev–Trinajstić information content (AvgIpc) is 2.66. The van der Waals surface area contributed by atoms with Crippen molar-refractivity contribution in [3.05, 3.63) is 65.2 Å². The standard InChI is InChI=1S/C20H20F2N2O4/c1-3-24(4-2)19(26)13-6-5-7-17(10-13)23-18(25)12-28-20(27)14-8-15(21)11-16(22)9-14/h5-11H,3-4,12H2,1-2H3,(H,23,25). The van der Waals surface area contributed by atoms with Gasteiger partial charge in [0.25, 0.3) is 11.8 Å². The van der Waals surface area contributed by atoms with Crippen LogP contribution in [0.1, 0.15) is 34.6 Å². The highest BCUT2D eigenvalue weighted by atomic mass is 19.1. The summed E-state index contributed by atoms with van der Waals surface area (Å²) in [5, 5.41) is 2.51. The molecule has 0 radical (unpaired) electrons. The van der Waals surface area contributed by atoms with Gasteiger partial charge in [0.2, 0.25) is 0 Å². The fourth-order valence-electron chi connectivity index (χ4n) is 2.51. The fourth-order valence-corrected chi connectivity index (χ4v) is 2.51. The van der Waals surface area contributed by atoms with Crippen LogP contribution in [0.4, 0.5) is 14.5 Å². The van der Waals surface area contributed by atoms with Crippen LogP contribution in [0.3, 0.4) is 0 Å². The molecule has 8 heteroatoms. The molecule has 1 N–H and O–H groups in total. The van der Waals surface area contributed by atoms with Gasteiger partial charge in [0.05, 0.1) is 5.56 Å². The molecule has 0 fully saturated rings. The predicted octanol–water partition coefficient (Wildman–Crippen LogP) is 3.24. The number of halogens is 2. The normalized spacial score (nSPS) is 10.3. The van der Waals surface area contributed by atoms with Crippen LogP contribution >= 0.6 is 0 Å². The van der Waals surface area contributed by atoms with Crippen molar-refractivity contribution < 1.29 is 27.9 Å². The van der Waals surface area contributed by atoms with Crippen LogP contribution in [-0.4, -0.2) is 42.4 Å². The number of hydrogen-bond donors (Lipinski definition) is 1. The quantitative estimate of drug-likeness (QED) is 0.737. The number of nitrogens with zero attached hydrogens (tertiary/aromatic N) is 1. The second kappa shape index (κ2) is 9.59. The van der Waals surface area contributed by atoms with E-state index in [-0.39, 0.29) is 11.5 Å². The summed E-state index contributed by atoms with van der Waals surface area (Å²) in [5.41, 5.74) is 0.432. The third-order valence-electron chi connectivity index (χ3n) is 3.88. The molecule has 0 saturated heterocycles. The molecule has 2 amide bonds. The van der Waals surface area contributed by atoms with Crippen LogP contribution in [-0.2, 0) is 9.53 Å². The molecule has 6 nitrogen and oxygen atoms in total. The van der Waals surface area contributed by atoms with Crippen molar-refractivity contribution in [2.45, 2.75) is 13.8 Å². The van der Waals surface area contributed by atoms with Gasteiger partial charge < -0.3 is 15.0 Å². The van der Waals surface area contributed by atoms with Crippen molar-refractivity contribution in [3.8, 4) is 0 Å². The molecule has 0 saturated carbocycles. The summed E-state index contributed by atoms with van der Waals surface area (Å²) in [7, 11) is 0. The lowest BCUT2D eigenvalue weighted by Crippen LogP contribution is -2.30. The first-order valence-corrected chi connectivity index (χ1v) is 8.66. The minimum atomic E-state index is -1.03. The van der Waals surface area contributed by atoms with Crippen molar-refractivity contribution in [2.24, 2.45) is 0 Å². The lowest BCUT2D eigenvalue weighted by Gasteiger charge is -2.19. The maximum absolute atomic E-state index is 13.1. The Labute approximate surface area is 161 Å². The topological polar surface area (TPSA) is 75.7 Å². The molecular formula is C20H20F2N2O4. The summed E-state index contributed by atoms with van der Waals surface area (Å²) in [4.78, 5) is 37.8. The molecule has 148 valence electrons. The molecule has 0 atom stereocenters. The van der Waals surface area contributed by atoms with Crippen molar-refractivity contribution in [1.82, 2.24) is 4.90 Å². The Morgan fingerprint density at radius 2 is 1.61 bits per heavy atom. The second-order valence-electron chi connectivity index (χ2n) is 5.84. The highest BCUT2D eigenvalue weighted by Gasteiger charge is 2.15. The summed E-state index contributed by atoms with van der Waals surface area (Å²) in [6, 6.07) is 8.60. The Balaban J connectivity index is 1.97. The maximum Gasteiger partial charge on any atom is 0.338 e. The zero-order valence-electron chi connectivity index (χ0n) is 15.5. The van der Waals surface area contributed by atoms with Gasteiger partial charge in [0, 0.05) is 30.4 Å². The molecule has 0 aliphatic carbocycles. The van der Waals surface area contributed by atoms with Crippen LogP contribution in [0.25, 0.3) is 0 Å². The minimum Gasteiger partial charge on any atom is -0.452 e. The number of hydrogen-bond acceptors (Lipinski definition) is 4. The van der Waals surface area contributed by atoms with E-state index >= 15 is 0 Å². The summed E-state index contributed by atoms with van der Waals surface area (Å²) in [6.07, 6.45) is 0. The number of amides is 2. The zero-order valence-corrected chi connectivity index (χ0v) is 15.5. The molecule has 0 heterocycles. The van der Waals surface area contributed by atoms with E-state index in [0.717, 1.165) is 12.1 Å². The van der Waals surface area contributed by atoms with E-state index in [2.05, 4.69) is 5.32 Å². The molecule has 0 aliphatic rings. The van der Waals surface area contributed by atoms with Crippen molar-refractivity contribution in [2.75, 3.05) is 25.0 Å². The average molecular weight is 390 g/mol. The molecular weight excluding hydrogens is 370 g/mol. The molecule has 0 bridgehead atoms. The van der Waals surface area contributed by atoms with Crippen molar-refractivity contribution in [3.63, 3.8) is 0 Å². The maximum atomic E-state index is 13.1. The Hall–Kier alpha value is -3.29. The summed E-state index contributed by atoms with van der Waals surface area (Å²) >= 11 is 0. The minimum absolute atomic E-state index is 0.166. The molecule has 0 aliphatic heterocycles. The fraction of sp³-hybridized carbons (Fsp3) is 0.250. The molecule has 0 unspecified atom stereocenters. The first-order chi connectivity index (χ1) is 13.3. The highest BCUT2D eigenvalue weighted by molar-refractivity contribution is 5.98. The Morgan fingerprint density at radius 3 is 2.21 bits per heavy atom. The SMILES string of the molecule is CCN(CC)C(=O)c1cccc(NC(=O)COC(=O)c2cc(F)cc(F)c2)c1. The number of carbonyl (C=O) groups excluding carboxylic acids is 3. The van der Waals surface area contributed by atoms with Crippen LogP contribution < -0.4 is 5.32 Å². The number of rotatable bonds is 7. The third-order valence-corrected chi connectivity index (χ3v) is 3.88. The van der Waals surface area contributed by atoms with Gasteiger partial charge in [-0.2, -0.15) is 0 Å². The van der Waals surface area contributed by atoms with E-state index < -0.39 is 30.1 Å². The van der Waals surface area contributed by atoms with Gasteiger partial charge in [-0.25, -0.2) is 13.6 Å². The lowest BCUT2D eigenvalue weighted by atomic mass is 10.1. The van der Waals surface area contributed by atoms with Crippen LogP contribution in [0, 0.1) is 11.6 Å². The Morgan fingerprint density at radius 1 is 0.964 bits per heavy atom. The monoisotopic (exact) mass is 390 g/mol. The number of nitrogens with one attached hydrogen (secondary N) is 1. The van der Waals surface area contributed by atoms with Gasteiger partial charge in [0.1, 0.15) is 11.6 Å². The number of carbonyl (C=O) groups is 3. The first-order valence-electron chi connectivity index (χ1n) is 8.66. The number of esters is 1.